The molecule has 0 saturated carbocycles. The van der Waals surface area contributed by atoms with Crippen LogP contribution in [0.2, 0.25) is 10.0 Å². The van der Waals surface area contributed by atoms with Crippen LogP contribution in [0.25, 0.3) is 0 Å². The molecule has 0 aromatic heterocycles. The van der Waals surface area contributed by atoms with Crippen LogP contribution >= 0.6 is 35.4 Å². The smallest absolute Gasteiger partial charge is 0.257 e. The highest BCUT2D eigenvalue weighted by molar-refractivity contribution is 7.80. The summed E-state index contributed by atoms with van der Waals surface area (Å²) in [4.78, 5) is 12.3. The van der Waals surface area contributed by atoms with E-state index in [4.69, 9.17) is 44.9 Å². The fraction of sp³-hybridized carbons (Fsp3) is 0.125. The maximum absolute atomic E-state index is 12.3. The maximum atomic E-state index is 12.3. The van der Waals surface area contributed by atoms with Crippen molar-refractivity contribution < 1.29 is 14.3 Å². The SMILES string of the molecule is O=C(NC(=S)Nc1cccc(Cl)c1Cl)c1ccc2c(c1)OCCO2. The number of ether oxygens (including phenoxy) is 2. The van der Waals surface area contributed by atoms with Crippen molar-refractivity contribution in [2.24, 2.45) is 0 Å². The van der Waals surface area contributed by atoms with E-state index < -0.39 is 0 Å². The lowest BCUT2D eigenvalue weighted by Gasteiger charge is -2.18. The number of fused-ring (bicyclic) bond motifs is 1. The molecule has 0 atom stereocenters. The van der Waals surface area contributed by atoms with E-state index in [0.29, 0.717) is 46.0 Å². The minimum Gasteiger partial charge on any atom is -0.486 e. The second kappa shape index (κ2) is 7.25. The Morgan fingerprint density at radius 1 is 1.08 bits per heavy atom. The van der Waals surface area contributed by atoms with Crippen LogP contribution in [0.15, 0.2) is 36.4 Å². The Morgan fingerprint density at radius 3 is 2.62 bits per heavy atom. The molecular formula is C16H12Cl2N2O3S. The summed E-state index contributed by atoms with van der Waals surface area (Å²) in [6.45, 7) is 0.943. The van der Waals surface area contributed by atoms with Gasteiger partial charge in [0.2, 0.25) is 0 Å². The molecule has 0 unspecified atom stereocenters. The zero-order valence-corrected chi connectivity index (χ0v) is 14.6. The van der Waals surface area contributed by atoms with E-state index in [1.54, 1.807) is 36.4 Å². The van der Waals surface area contributed by atoms with E-state index in [-0.39, 0.29) is 11.0 Å². The van der Waals surface area contributed by atoms with Crippen molar-refractivity contribution in [1.82, 2.24) is 5.32 Å². The van der Waals surface area contributed by atoms with Gasteiger partial charge in [-0.05, 0) is 42.5 Å². The number of hydrogen-bond donors (Lipinski definition) is 2. The van der Waals surface area contributed by atoms with Crippen molar-refractivity contribution in [3.05, 3.63) is 52.0 Å². The van der Waals surface area contributed by atoms with Crippen molar-refractivity contribution in [2.45, 2.75) is 0 Å². The van der Waals surface area contributed by atoms with Crippen LogP contribution in [0.5, 0.6) is 11.5 Å². The van der Waals surface area contributed by atoms with Crippen LogP contribution in [0.4, 0.5) is 5.69 Å². The number of carbonyl (C=O) groups excluding carboxylic acids is 1. The Kier molecular flexibility index (Phi) is 5.08. The third-order valence-corrected chi connectivity index (χ3v) is 4.25. The van der Waals surface area contributed by atoms with E-state index in [2.05, 4.69) is 10.6 Å². The molecule has 8 heteroatoms. The Labute approximate surface area is 153 Å². The minimum atomic E-state index is -0.373. The van der Waals surface area contributed by atoms with Crippen molar-refractivity contribution >= 4 is 52.1 Å². The summed E-state index contributed by atoms with van der Waals surface area (Å²) in [7, 11) is 0. The standard InChI is InChI=1S/C16H12Cl2N2O3S/c17-10-2-1-3-11(14(10)18)19-16(24)20-15(21)9-4-5-12-13(8-9)23-7-6-22-12/h1-5,8H,6-7H2,(H2,19,20,21,24). The molecule has 1 heterocycles. The molecule has 5 nitrogen and oxygen atoms in total. The van der Waals surface area contributed by atoms with Gasteiger partial charge in [0.15, 0.2) is 16.6 Å². The average molecular weight is 383 g/mol. The average Bonchev–Trinajstić information content (AvgIpc) is 2.58. The van der Waals surface area contributed by atoms with Gasteiger partial charge in [0.25, 0.3) is 5.91 Å². The molecule has 2 aromatic rings. The van der Waals surface area contributed by atoms with Gasteiger partial charge < -0.3 is 14.8 Å². The zero-order chi connectivity index (χ0) is 17.1. The number of nitrogens with one attached hydrogen (secondary N) is 2. The molecule has 3 rings (SSSR count). The third kappa shape index (κ3) is 3.72. The Hall–Kier alpha value is -2.02. The van der Waals surface area contributed by atoms with Gasteiger partial charge in [-0.2, -0.15) is 0 Å². The van der Waals surface area contributed by atoms with Gasteiger partial charge >= 0.3 is 0 Å². The minimum absolute atomic E-state index is 0.110. The Bertz CT molecular complexity index is 814. The summed E-state index contributed by atoms with van der Waals surface area (Å²) in [5.74, 6) is 0.775. The molecule has 0 saturated heterocycles. The number of rotatable bonds is 2. The van der Waals surface area contributed by atoms with E-state index in [1.807, 2.05) is 0 Å². The fourth-order valence-electron chi connectivity index (χ4n) is 2.11. The topological polar surface area (TPSA) is 59.6 Å². The number of thiocarbonyl (C=S) groups is 1. The third-order valence-electron chi connectivity index (χ3n) is 3.23. The van der Waals surface area contributed by atoms with E-state index in [0.717, 1.165) is 0 Å². The van der Waals surface area contributed by atoms with Crippen LogP contribution in [-0.4, -0.2) is 24.2 Å². The van der Waals surface area contributed by atoms with Crippen LogP contribution in [0, 0.1) is 0 Å². The Balaban J connectivity index is 1.68. The van der Waals surface area contributed by atoms with Gasteiger partial charge in [-0.1, -0.05) is 29.3 Å². The molecule has 1 amide bonds. The second-order valence-electron chi connectivity index (χ2n) is 4.87. The summed E-state index contributed by atoms with van der Waals surface area (Å²) < 4.78 is 10.9. The van der Waals surface area contributed by atoms with Gasteiger partial charge in [0.05, 0.1) is 15.7 Å². The molecule has 24 heavy (non-hydrogen) atoms. The van der Waals surface area contributed by atoms with E-state index in [9.17, 15) is 4.79 Å². The first-order valence-corrected chi connectivity index (χ1v) is 8.17. The summed E-state index contributed by atoms with van der Waals surface area (Å²) in [5, 5.41) is 6.25. The number of hydrogen-bond acceptors (Lipinski definition) is 4. The molecular weight excluding hydrogens is 371 g/mol. The van der Waals surface area contributed by atoms with Gasteiger partial charge in [0, 0.05) is 5.56 Å². The van der Waals surface area contributed by atoms with Gasteiger partial charge in [-0.3, -0.25) is 10.1 Å². The largest absolute Gasteiger partial charge is 0.486 e. The monoisotopic (exact) mass is 382 g/mol. The molecule has 1 aliphatic rings. The first-order chi connectivity index (χ1) is 11.5. The first kappa shape index (κ1) is 16.8. The lowest BCUT2D eigenvalue weighted by Crippen LogP contribution is -2.34. The summed E-state index contributed by atoms with van der Waals surface area (Å²) in [6, 6.07) is 10.0. The second-order valence-corrected chi connectivity index (χ2v) is 6.06. The molecule has 0 bridgehead atoms. The van der Waals surface area contributed by atoms with Crippen LogP contribution in [-0.2, 0) is 0 Å². The molecule has 0 spiro atoms. The predicted molar refractivity (Wildman–Crippen MR) is 97.6 cm³/mol. The Morgan fingerprint density at radius 2 is 1.83 bits per heavy atom. The fourth-order valence-corrected chi connectivity index (χ4v) is 2.66. The van der Waals surface area contributed by atoms with Crippen LogP contribution in [0.3, 0.4) is 0 Å². The summed E-state index contributed by atoms with van der Waals surface area (Å²) in [5.41, 5.74) is 0.914. The molecule has 0 fully saturated rings. The first-order valence-electron chi connectivity index (χ1n) is 7.00. The number of carbonyl (C=O) groups is 1. The van der Waals surface area contributed by atoms with Gasteiger partial charge in [-0.15, -0.1) is 0 Å². The normalized spacial score (nSPS) is 12.4. The van der Waals surface area contributed by atoms with Gasteiger partial charge in [-0.25, -0.2) is 0 Å². The van der Waals surface area contributed by atoms with Crippen LogP contribution in [0.1, 0.15) is 10.4 Å². The number of benzene rings is 2. The number of amides is 1. The summed E-state index contributed by atoms with van der Waals surface area (Å²) >= 11 is 17.1. The highest BCUT2D eigenvalue weighted by atomic mass is 35.5. The van der Waals surface area contributed by atoms with Crippen LogP contribution < -0.4 is 20.1 Å². The van der Waals surface area contributed by atoms with E-state index in [1.165, 1.54) is 0 Å². The molecule has 0 radical (unpaired) electrons. The number of halogens is 2. The van der Waals surface area contributed by atoms with Crippen molar-refractivity contribution in [3.8, 4) is 11.5 Å². The molecule has 0 aliphatic carbocycles. The highest BCUT2D eigenvalue weighted by Gasteiger charge is 2.16. The summed E-state index contributed by atoms with van der Waals surface area (Å²) in [6.07, 6.45) is 0. The molecule has 124 valence electrons. The van der Waals surface area contributed by atoms with E-state index >= 15 is 0 Å². The maximum Gasteiger partial charge on any atom is 0.257 e. The lowest BCUT2D eigenvalue weighted by molar-refractivity contribution is 0.0976. The predicted octanol–water partition coefficient (Wildman–Crippen LogP) is 3.89. The lowest BCUT2D eigenvalue weighted by atomic mass is 10.2. The number of anilines is 1. The zero-order valence-electron chi connectivity index (χ0n) is 12.3. The molecule has 2 aromatic carbocycles. The van der Waals surface area contributed by atoms with Crippen molar-refractivity contribution in [3.63, 3.8) is 0 Å². The van der Waals surface area contributed by atoms with Crippen molar-refractivity contribution in [1.29, 1.82) is 0 Å². The molecule has 1 aliphatic heterocycles. The highest BCUT2D eigenvalue weighted by Crippen LogP contribution is 2.31. The quantitative estimate of drug-likeness (QED) is 0.771. The van der Waals surface area contributed by atoms with Gasteiger partial charge in [0.1, 0.15) is 13.2 Å². The van der Waals surface area contributed by atoms with Crippen molar-refractivity contribution in [2.75, 3.05) is 18.5 Å². The molecule has 2 N–H and O–H groups in total.